The van der Waals surface area contributed by atoms with Crippen molar-refractivity contribution < 1.29 is 22.7 Å². The summed E-state index contributed by atoms with van der Waals surface area (Å²) in [6, 6.07) is 11.0. The molecule has 1 saturated heterocycles. The normalized spacial score (nSPS) is 15.3. The third-order valence-corrected chi connectivity index (χ3v) is 4.96. The second-order valence-corrected chi connectivity index (χ2v) is 7.11. The number of carbonyl (C=O) groups excluding carboxylic acids is 1. The number of hydrogen-bond acceptors (Lipinski definition) is 4. The van der Waals surface area contributed by atoms with Gasteiger partial charge in [0.25, 0.3) is 0 Å². The van der Waals surface area contributed by atoms with Crippen LogP contribution in [0.2, 0.25) is 5.02 Å². The number of halogens is 4. The fraction of sp³-hybridized carbons (Fsp3) is 0.350. The van der Waals surface area contributed by atoms with Crippen LogP contribution in [0.1, 0.15) is 5.56 Å². The molecule has 2 aromatic rings. The van der Waals surface area contributed by atoms with Crippen LogP contribution in [-0.4, -0.2) is 50.6 Å². The first kappa shape index (κ1) is 21.3. The van der Waals surface area contributed by atoms with E-state index in [0.29, 0.717) is 26.2 Å². The molecule has 1 aliphatic rings. The Morgan fingerprint density at radius 3 is 2.48 bits per heavy atom. The molecule has 0 aromatic heterocycles. The molecule has 0 aliphatic carbocycles. The fourth-order valence-electron chi connectivity index (χ4n) is 3.29. The van der Waals surface area contributed by atoms with Crippen LogP contribution < -0.4 is 15.0 Å². The topological polar surface area (TPSA) is 44.8 Å². The zero-order chi connectivity index (χ0) is 21.0. The highest BCUT2D eigenvalue weighted by Gasteiger charge is 2.34. The van der Waals surface area contributed by atoms with Crippen molar-refractivity contribution in [2.45, 2.75) is 6.18 Å². The first-order valence-electron chi connectivity index (χ1n) is 9.05. The van der Waals surface area contributed by atoms with E-state index in [1.807, 2.05) is 29.2 Å². The largest absolute Gasteiger partial charge is 0.495 e. The Balaban J connectivity index is 1.58. The van der Waals surface area contributed by atoms with Gasteiger partial charge in [-0.2, -0.15) is 13.2 Å². The molecule has 1 amide bonds. The molecule has 0 bridgehead atoms. The zero-order valence-electron chi connectivity index (χ0n) is 15.8. The number of piperazine rings is 1. The number of rotatable bonds is 5. The first-order valence-corrected chi connectivity index (χ1v) is 9.42. The molecule has 1 N–H and O–H groups in total. The molecule has 156 valence electrons. The van der Waals surface area contributed by atoms with Crippen molar-refractivity contribution >= 4 is 28.9 Å². The summed E-state index contributed by atoms with van der Waals surface area (Å²) in [5, 5.41) is 2.32. The minimum atomic E-state index is -4.60. The summed E-state index contributed by atoms with van der Waals surface area (Å²) in [7, 11) is 1.62. The number of hydrogen-bond donors (Lipinski definition) is 1. The molecule has 1 aliphatic heterocycles. The molecular weight excluding hydrogens is 407 g/mol. The molecule has 9 heteroatoms. The molecule has 0 spiro atoms. The number of methoxy groups -OCH3 is 1. The van der Waals surface area contributed by atoms with E-state index in [1.165, 1.54) is 12.1 Å². The number of amides is 1. The summed E-state index contributed by atoms with van der Waals surface area (Å²) in [6.07, 6.45) is -4.60. The number of para-hydroxylation sites is 2. The lowest BCUT2D eigenvalue weighted by molar-refractivity contribution is -0.137. The summed E-state index contributed by atoms with van der Waals surface area (Å²) in [5.41, 5.74) is -0.269. The number of alkyl halides is 3. The highest BCUT2D eigenvalue weighted by atomic mass is 35.5. The molecule has 3 rings (SSSR count). The number of anilines is 2. The number of benzene rings is 2. The SMILES string of the molecule is COc1ccccc1N1CCN(CC(=O)Nc2ccc(Cl)cc2C(F)(F)F)CC1. The van der Waals surface area contributed by atoms with Crippen molar-refractivity contribution in [2.24, 2.45) is 0 Å². The molecule has 0 unspecified atom stereocenters. The average Bonchev–Trinajstić information content (AvgIpc) is 2.69. The summed E-state index contributed by atoms with van der Waals surface area (Å²) < 4.78 is 44.9. The fourth-order valence-corrected chi connectivity index (χ4v) is 3.46. The highest BCUT2D eigenvalue weighted by molar-refractivity contribution is 6.30. The predicted molar refractivity (Wildman–Crippen MR) is 107 cm³/mol. The quantitative estimate of drug-likeness (QED) is 0.779. The number of nitrogens with one attached hydrogen (secondary N) is 1. The number of nitrogens with zero attached hydrogens (tertiary/aromatic N) is 2. The van der Waals surface area contributed by atoms with Crippen molar-refractivity contribution in [3.63, 3.8) is 0 Å². The maximum Gasteiger partial charge on any atom is 0.418 e. The van der Waals surface area contributed by atoms with Gasteiger partial charge in [-0.05, 0) is 30.3 Å². The molecule has 0 saturated carbocycles. The second kappa shape index (κ2) is 8.92. The maximum absolute atomic E-state index is 13.2. The van der Waals surface area contributed by atoms with Gasteiger partial charge in [-0.1, -0.05) is 23.7 Å². The summed E-state index contributed by atoms with van der Waals surface area (Å²) >= 11 is 5.67. The monoisotopic (exact) mass is 427 g/mol. The van der Waals surface area contributed by atoms with Crippen LogP contribution in [0.25, 0.3) is 0 Å². The van der Waals surface area contributed by atoms with Crippen LogP contribution in [0.3, 0.4) is 0 Å². The van der Waals surface area contributed by atoms with Crippen molar-refractivity contribution in [1.82, 2.24) is 4.90 Å². The maximum atomic E-state index is 13.2. The van der Waals surface area contributed by atoms with Crippen molar-refractivity contribution in [2.75, 3.05) is 50.1 Å². The van der Waals surface area contributed by atoms with Gasteiger partial charge in [0.15, 0.2) is 0 Å². The van der Waals surface area contributed by atoms with Crippen LogP contribution in [0.5, 0.6) is 5.75 Å². The standard InChI is InChI=1S/C20H21ClF3N3O2/c1-29-18-5-3-2-4-17(18)27-10-8-26(9-11-27)13-19(28)25-16-7-6-14(21)12-15(16)20(22,23)24/h2-7,12H,8-11,13H2,1H3,(H,25,28). The van der Waals surface area contributed by atoms with E-state index in [2.05, 4.69) is 10.2 Å². The summed E-state index contributed by atoms with van der Waals surface area (Å²) in [4.78, 5) is 16.4. The van der Waals surface area contributed by atoms with Crippen molar-refractivity contribution in [3.05, 3.63) is 53.1 Å². The molecule has 1 heterocycles. The average molecular weight is 428 g/mol. The Morgan fingerprint density at radius 2 is 1.83 bits per heavy atom. The van der Waals surface area contributed by atoms with Gasteiger partial charge in [0.05, 0.1) is 30.6 Å². The number of carbonyl (C=O) groups is 1. The second-order valence-electron chi connectivity index (χ2n) is 6.67. The molecule has 2 aromatic carbocycles. The van der Waals surface area contributed by atoms with E-state index in [9.17, 15) is 18.0 Å². The van der Waals surface area contributed by atoms with E-state index in [4.69, 9.17) is 16.3 Å². The van der Waals surface area contributed by atoms with Gasteiger partial charge in [-0.25, -0.2) is 0 Å². The third kappa shape index (κ3) is 5.33. The Kier molecular flexibility index (Phi) is 6.54. The van der Waals surface area contributed by atoms with Crippen molar-refractivity contribution in [3.8, 4) is 5.75 Å². The molecule has 29 heavy (non-hydrogen) atoms. The Morgan fingerprint density at radius 1 is 1.14 bits per heavy atom. The van der Waals surface area contributed by atoms with E-state index in [0.717, 1.165) is 17.5 Å². The van der Waals surface area contributed by atoms with E-state index in [1.54, 1.807) is 7.11 Å². The zero-order valence-corrected chi connectivity index (χ0v) is 16.6. The molecule has 1 fully saturated rings. The van der Waals surface area contributed by atoms with Gasteiger partial charge < -0.3 is 15.0 Å². The molecule has 5 nitrogen and oxygen atoms in total. The lowest BCUT2D eigenvalue weighted by Crippen LogP contribution is -2.48. The van der Waals surface area contributed by atoms with Gasteiger partial charge in [-0.3, -0.25) is 9.69 Å². The Bertz CT molecular complexity index is 868. The minimum Gasteiger partial charge on any atom is -0.495 e. The smallest absolute Gasteiger partial charge is 0.418 e. The van der Waals surface area contributed by atoms with Crippen LogP contribution >= 0.6 is 11.6 Å². The lowest BCUT2D eigenvalue weighted by Gasteiger charge is -2.36. The van der Waals surface area contributed by atoms with Crippen molar-refractivity contribution in [1.29, 1.82) is 0 Å². The van der Waals surface area contributed by atoms with E-state index in [-0.39, 0.29) is 17.3 Å². The van der Waals surface area contributed by atoms with Gasteiger partial charge in [0.1, 0.15) is 5.75 Å². The van der Waals surface area contributed by atoms with Gasteiger partial charge in [0.2, 0.25) is 5.91 Å². The predicted octanol–water partition coefficient (Wildman–Crippen LogP) is 4.13. The molecule has 0 radical (unpaired) electrons. The van der Waals surface area contributed by atoms with Gasteiger partial charge in [-0.15, -0.1) is 0 Å². The van der Waals surface area contributed by atoms with Crippen LogP contribution in [0.4, 0.5) is 24.5 Å². The summed E-state index contributed by atoms with van der Waals surface area (Å²) in [6.45, 7) is 2.60. The van der Waals surface area contributed by atoms with Gasteiger partial charge in [0, 0.05) is 31.2 Å². The first-order chi connectivity index (χ1) is 13.8. The summed E-state index contributed by atoms with van der Waals surface area (Å²) in [5.74, 6) is 0.282. The van der Waals surface area contributed by atoms with Gasteiger partial charge >= 0.3 is 6.18 Å². The molecule has 0 atom stereocenters. The molecular formula is C20H21ClF3N3O2. The lowest BCUT2D eigenvalue weighted by atomic mass is 10.1. The van der Waals surface area contributed by atoms with E-state index >= 15 is 0 Å². The van der Waals surface area contributed by atoms with E-state index < -0.39 is 17.6 Å². The van der Waals surface area contributed by atoms with Crippen LogP contribution in [0, 0.1) is 0 Å². The minimum absolute atomic E-state index is 0.0136. The Labute approximate surface area is 172 Å². The third-order valence-electron chi connectivity index (χ3n) is 4.73. The highest BCUT2D eigenvalue weighted by Crippen LogP contribution is 2.36. The van der Waals surface area contributed by atoms with Crippen LogP contribution in [0.15, 0.2) is 42.5 Å². The number of ether oxygens (including phenoxy) is 1. The Hall–Kier alpha value is -2.45. The van der Waals surface area contributed by atoms with Crippen LogP contribution in [-0.2, 0) is 11.0 Å².